The van der Waals surface area contributed by atoms with Crippen LogP contribution in [0.15, 0.2) is 21.9 Å². The number of aromatic amines is 1. The highest BCUT2D eigenvalue weighted by molar-refractivity contribution is 7.59. The van der Waals surface area contributed by atoms with Crippen molar-refractivity contribution in [2.24, 2.45) is 0 Å². The molecule has 2 heterocycles. The van der Waals surface area contributed by atoms with E-state index in [-0.39, 0.29) is 0 Å². The first-order valence-electron chi connectivity index (χ1n) is 8.12. The molecule has 0 amide bonds. The fraction of sp³-hybridized carbons (Fsp3) is 0.692. The van der Waals surface area contributed by atoms with Crippen LogP contribution < -0.4 is 21.0 Å². The van der Waals surface area contributed by atoms with Gasteiger partial charge in [0.15, 0.2) is 6.23 Å². The van der Waals surface area contributed by atoms with Crippen LogP contribution in [0.1, 0.15) is 27.0 Å². The Balaban J connectivity index is 2.05. The number of ether oxygens (including phenoxy) is 1. The summed E-state index contributed by atoms with van der Waals surface area (Å²) in [7, 11) is -10.7. The Morgan fingerprint density at radius 1 is 1.21 bits per heavy atom. The first-order chi connectivity index (χ1) is 13.1. The van der Waals surface area contributed by atoms with Crippen LogP contribution in [0.25, 0.3) is 0 Å². The number of H-pyrrole nitrogens is 1. The Bertz CT molecular complexity index is 937. The van der Waals surface area contributed by atoms with E-state index in [2.05, 4.69) is 13.4 Å². The molecule has 2 rings (SSSR count). The van der Waals surface area contributed by atoms with Crippen molar-refractivity contribution in [1.82, 2.24) is 9.55 Å². The van der Waals surface area contributed by atoms with Gasteiger partial charge in [-0.2, -0.15) is 0 Å². The van der Waals surface area contributed by atoms with E-state index in [1.54, 1.807) is 0 Å². The molecule has 1 aliphatic rings. The van der Waals surface area contributed by atoms with Gasteiger partial charge in [0.2, 0.25) is 0 Å². The minimum atomic E-state index is -5.45. The lowest BCUT2D eigenvalue weighted by atomic mass is 10.1. The van der Waals surface area contributed by atoms with Gasteiger partial charge in [-0.1, -0.05) is 0 Å². The molecule has 1 aromatic rings. The third-order valence-corrected chi connectivity index (χ3v) is 6.28. The number of phosphoric acid groups is 2. The molecule has 0 spiro atoms. The fourth-order valence-corrected chi connectivity index (χ4v) is 4.69. The average Bonchev–Trinajstić information content (AvgIpc) is 2.78. The Labute approximate surface area is 163 Å². The summed E-state index contributed by atoms with van der Waals surface area (Å²) < 4.78 is 42.2. The van der Waals surface area contributed by atoms with Crippen LogP contribution in [0.3, 0.4) is 0 Å². The number of phosphoric ester groups is 2. The molecular weight excluding hydrogens is 438 g/mol. The van der Waals surface area contributed by atoms with Crippen molar-refractivity contribution in [2.45, 2.75) is 50.9 Å². The predicted octanol–water partition coefficient (Wildman–Crippen LogP) is -2.06. The smallest absolute Gasteiger partial charge is 0.330 e. The predicted molar refractivity (Wildman–Crippen MR) is 90.3 cm³/mol. The molecule has 6 atom stereocenters. The highest BCUT2D eigenvalue weighted by atomic mass is 31.3. The van der Waals surface area contributed by atoms with E-state index in [9.17, 15) is 38.7 Å². The van der Waals surface area contributed by atoms with Crippen LogP contribution >= 0.6 is 15.6 Å². The largest absolute Gasteiger partial charge is 0.756 e. The van der Waals surface area contributed by atoms with Crippen molar-refractivity contribution in [3.05, 3.63) is 33.1 Å². The third-order valence-electron chi connectivity index (χ3n) is 3.45. The zero-order chi connectivity index (χ0) is 22.2. The highest BCUT2D eigenvalue weighted by Crippen LogP contribution is 2.57. The van der Waals surface area contributed by atoms with Gasteiger partial charge in [0.25, 0.3) is 21.2 Å². The van der Waals surface area contributed by atoms with Crippen LogP contribution in [0.2, 0.25) is 0 Å². The van der Waals surface area contributed by atoms with Crippen LogP contribution in [0.5, 0.6) is 0 Å². The zero-order valence-corrected chi connectivity index (χ0v) is 17.3. The Morgan fingerprint density at radius 2 is 1.83 bits per heavy atom. The second-order valence-electron chi connectivity index (χ2n) is 7.04. The minimum absolute atomic E-state index is 0.705. The molecule has 1 aliphatic heterocycles. The molecule has 1 aromatic heterocycles. The lowest BCUT2D eigenvalue weighted by Gasteiger charge is -2.35. The van der Waals surface area contributed by atoms with E-state index >= 15 is 0 Å². The van der Waals surface area contributed by atoms with Gasteiger partial charge in [0.1, 0.15) is 18.3 Å². The number of aromatic nitrogens is 2. The summed E-state index contributed by atoms with van der Waals surface area (Å²) in [5.74, 6) is 0. The van der Waals surface area contributed by atoms with E-state index in [0.717, 1.165) is 16.8 Å². The summed E-state index contributed by atoms with van der Waals surface area (Å²) in [6.45, 7) is 3.10. The molecule has 14 nitrogen and oxygen atoms in total. The second kappa shape index (κ2) is 8.52. The molecule has 166 valence electrons. The Hall–Kier alpha value is -1.18. The first kappa shape index (κ1) is 24.1. The minimum Gasteiger partial charge on any atom is -0.756 e. The maximum absolute atomic E-state index is 11.8. The number of nitrogens with one attached hydrogen (secondary N) is 1. The summed E-state index contributed by atoms with van der Waals surface area (Å²) in [4.78, 5) is 48.2. The molecule has 0 radical (unpaired) electrons. The van der Waals surface area contributed by atoms with Crippen molar-refractivity contribution >= 4 is 15.6 Å². The van der Waals surface area contributed by atoms with Crippen LogP contribution in [0, 0.1) is 0 Å². The summed E-state index contributed by atoms with van der Waals surface area (Å²) in [6, 6.07) is 0.967. The van der Waals surface area contributed by atoms with Crippen LogP contribution in [0.4, 0.5) is 0 Å². The molecule has 0 saturated carbocycles. The van der Waals surface area contributed by atoms with E-state index in [1.165, 1.54) is 20.8 Å². The lowest BCUT2D eigenvalue weighted by molar-refractivity contribution is -0.249. The van der Waals surface area contributed by atoms with Crippen LogP contribution in [-0.2, 0) is 27.2 Å². The van der Waals surface area contributed by atoms with E-state index < -0.39 is 63.6 Å². The van der Waals surface area contributed by atoms with Crippen molar-refractivity contribution in [3.8, 4) is 0 Å². The summed E-state index contributed by atoms with van der Waals surface area (Å²) >= 11 is 0. The topological polar surface area (TPSA) is 212 Å². The molecule has 3 unspecified atom stereocenters. The molecule has 1 saturated heterocycles. The zero-order valence-electron chi connectivity index (χ0n) is 15.5. The highest BCUT2D eigenvalue weighted by Gasteiger charge is 2.44. The molecule has 0 aromatic carbocycles. The van der Waals surface area contributed by atoms with Crippen LogP contribution in [-0.4, -0.2) is 50.3 Å². The molecule has 0 aliphatic carbocycles. The average molecular weight is 458 g/mol. The number of aliphatic hydroxyl groups is 2. The maximum Gasteiger partial charge on any atom is 0.330 e. The maximum atomic E-state index is 11.8. The summed E-state index contributed by atoms with van der Waals surface area (Å²) in [5, 5.41) is 20.0. The monoisotopic (exact) mass is 458 g/mol. The van der Waals surface area contributed by atoms with Gasteiger partial charge in [0.05, 0.1) is 12.2 Å². The number of nitrogens with zero attached hydrogens (tertiary/aromatic N) is 1. The first-order valence-corrected chi connectivity index (χ1v) is 11.0. The van der Waals surface area contributed by atoms with Gasteiger partial charge in [-0.05, 0) is 20.8 Å². The summed E-state index contributed by atoms with van der Waals surface area (Å²) in [6.07, 6.45) is -5.33. The standard InChI is InChI=1S/C13H22N2O12P2/c1-13(2,3)26-29(22,23)27-28(20,21)24-6-7-9(17)10(18)11(25-7)15-5-4-8(16)14-12(15)19/h4-5,7,9-11,17-18H,6H2,1-3H3,(H,20,21)(H,22,23)(H,14,16,19)/p-2/t7-,9?,10+,11-/m1/s1. The van der Waals surface area contributed by atoms with Gasteiger partial charge >= 0.3 is 5.69 Å². The molecule has 0 bridgehead atoms. The van der Waals surface area contributed by atoms with E-state index in [1.807, 2.05) is 4.98 Å². The molecular formula is C13H20N2O12P2-2. The summed E-state index contributed by atoms with van der Waals surface area (Å²) in [5.41, 5.74) is -2.91. The third kappa shape index (κ3) is 6.66. The van der Waals surface area contributed by atoms with Gasteiger partial charge in [-0.3, -0.25) is 23.5 Å². The number of aliphatic hydroxyl groups excluding tert-OH is 2. The van der Waals surface area contributed by atoms with Crippen molar-refractivity contribution < 1.29 is 47.2 Å². The molecule has 1 fully saturated rings. The van der Waals surface area contributed by atoms with E-state index in [0.29, 0.717) is 0 Å². The molecule has 29 heavy (non-hydrogen) atoms. The van der Waals surface area contributed by atoms with Crippen molar-refractivity contribution in [1.29, 1.82) is 0 Å². The van der Waals surface area contributed by atoms with Crippen molar-refractivity contribution in [3.63, 3.8) is 0 Å². The quantitative estimate of drug-likeness (QED) is 0.376. The molecule has 3 N–H and O–H groups in total. The van der Waals surface area contributed by atoms with Gasteiger partial charge in [-0.15, -0.1) is 0 Å². The van der Waals surface area contributed by atoms with Crippen molar-refractivity contribution in [2.75, 3.05) is 6.61 Å². The number of hydrogen-bond acceptors (Lipinski definition) is 12. The number of hydrogen-bond donors (Lipinski definition) is 3. The second-order valence-corrected chi connectivity index (χ2v) is 9.92. The fourth-order valence-electron chi connectivity index (χ4n) is 2.39. The lowest BCUT2D eigenvalue weighted by Crippen LogP contribution is -2.37. The molecule has 16 heteroatoms. The van der Waals surface area contributed by atoms with Gasteiger partial charge in [-0.25, -0.2) is 9.11 Å². The Kier molecular flexibility index (Phi) is 7.08. The van der Waals surface area contributed by atoms with Gasteiger partial charge in [0, 0.05) is 12.3 Å². The van der Waals surface area contributed by atoms with Gasteiger partial charge < -0.3 is 33.8 Å². The number of rotatable bonds is 7. The normalized spacial score (nSPS) is 29.3. The SMILES string of the molecule is CC(C)(C)OP(=O)([O-])OP(=O)([O-])OC[C@H]1O[C@@H](n2ccc(=O)[nH]c2=O)[C@@H](O)C1O. The van der Waals surface area contributed by atoms with E-state index in [4.69, 9.17) is 4.74 Å². The Morgan fingerprint density at radius 3 is 2.38 bits per heavy atom.